The van der Waals surface area contributed by atoms with Gasteiger partial charge in [-0.25, -0.2) is 14.8 Å². The minimum atomic E-state index is -1.01. The highest BCUT2D eigenvalue weighted by Crippen LogP contribution is 2.19. The topological polar surface area (TPSA) is 96.7 Å². The number of imidazole rings is 1. The van der Waals surface area contributed by atoms with Crippen molar-refractivity contribution in [2.45, 2.75) is 6.92 Å². The van der Waals surface area contributed by atoms with E-state index in [0.717, 1.165) is 5.69 Å². The summed E-state index contributed by atoms with van der Waals surface area (Å²) < 4.78 is 1.75. The van der Waals surface area contributed by atoms with Gasteiger partial charge in [-0.2, -0.15) is 5.10 Å². The third-order valence-electron chi connectivity index (χ3n) is 2.94. The molecule has 96 valence electrons. The molecule has 3 heterocycles. The maximum atomic E-state index is 10.9. The largest absolute Gasteiger partial charge is 0.478 e. The zero-order valence-corrected chi connectivity index (χ0v) is 10.4. The molecule has 0 aliphatic rings. The number of carboxylic acid groups (broad SMARTS) is 1. The molecular formula is C12H11N5O2. The average Bonchev–Trinajstić information content (AvgIpc) is 2.92. The summed E-state index contributed by atoms with van der Waals surface area (Å²) in [6.45, 7) is 1.94. The van der Waals surface area contributed by atoms with E-state index in [0.29, 0.717) is 22.7 Å². The third kappa shape index (κ3) is 1.85. The Hall–Kier alpha value is -2.70. The quantitative estimate of drug-likeness (QED) is 0.722. The number of aryl methyl sites for hydroxylation is 2. The molecule has 0 bridgehead atoms. The van der Waals surface area contributed by atoms with E-state index >= 15 is 0 Å². The van der Waals surface area contributed by atoms with Gasteiger partial charge in [0.05, 0.1) is 11.1 Å². The van der Waals surface area contributed by atoms with E-state index in [4.69, 9.17) is 5.11 Å². The molecule has 0 fully saturated rings. The van der Waals surface area contributed by atoms with Crippen LogP contribution >= 0.6 is 0 Å². The number of H-pyrrole nitrogens is 1. The number of hydrogen-bond acceptors (Lipinski definition) is 4. The zero-order valence-electron chi connectivity index (χ0n) is 10.4. The molecule has 3 aromatic rings. The molecule has 0 aromatic carbocycles. The molecule has 19 heavy (non-hydrogen) atoms. The zero-order chi connectivity index (χ0) is 13.6. The first kappa shape index (κ1) is 11.4. The Balaban J connectivity index is 2.13. The molecule has 0 saturated heterocycles. The summed E-state index contributed by atoms with van der Waals surface area (Å²) in [6, 6.07) is 3.41. The fourth-order valence-corrected chi connectivity index (χ4v) is 1.81. The molecular weight excluding hydrogens is 246 g/mol. The summed E-state index contributed by atoms with van der Waals surface area (Å²) in [5.41, 5.74) is 2.89. The maximum absolute atomic E-state index is 10.9. The molecule has 3 rings (SSSR count). The first-order valence-corrected chi connectivity index (χ1v) is 5.64. The number of aromatic amines is 1. The molecule has 0 saturated carbocycles. The summed E-state index contributed by atoms with van der Waals surface area (Å²) in [7, 11) is 1.85. The molecule has 0 amide bonds. The minimum absolute atomic E-state index is 0.125. The Kier molecular flexibility index (Phi) is 2.34. The summed E-state index contributed by atoms with van der Waals surface area (Å²) in [4.78, 5) is 22.2. The Morgan fingerprint density at radius 3 is 2.84 bits per heavy atom. The summed E-state index contributed by atoms with van der Waals surface area (Å²) >= 11 is 0. The second-order valence-electron chi connectivity index (χ2n) is 4.28. The van der Waals surface area contributed by atoms with Gasteiger partial charge in [0.15, 0.2) is 11.5 Å². The number of aromatic carboxylic acids is 1. The lowest BCUT2D eigenvalue weighted by Crippen LogP contribution is -1.96. The number of fused-ring (bicyclic) bond motifs is 1. The predicted octanol–water partition coefficient (Wildman–Crippen LogP) is 1.37. The fourth-order valence-electron chi connectivity index (χ4n) is 1.81. The van der Waals surface area contributed by atoms with E-state index in [9.17, 15) is 4.79 Å². The molecule has 0 aliphatic carbocycles. The molecule has 7 nitrogen and oxygen atoms in total. The maximum Gasteiger partial charge on any atom is 0.337 e. The smallest absolute Gasteiger partial charge is 0.337 e. The molecule has 0 radical (unpaired) electrons. The van der Waals surface area contributed by atoms with E-state index in [-0.39, 0.29) is 5.56 Å². The number of nitrogens with zero attached hydrogens (tertiary/aromatic N) is 4. The van der Waals surface area contributed by atoms with Crippen molar-refractivity contribution in [3.05, 3.63) is 29.6 Å². The van der Waals surface area contributed by atoms with Gasteiger partial charge in [0.1, 0.15) is 5.69 Å². The van der Waals surface area contributed by atoms with Gasteiger partial charge < -0.3 is 10.1 Å². The van der Waals surface area contributed by atoms with Crippen molar-refractivity contribution in [2.75, 3.05) is 0 Å². The first-order valence-electron chi connectivity index (χ1n) is 5.64. The number of pyridine rings is 1. The number of hydrogen-bond donors (Lipinski definition) is 2. The highest BCUT2D eigenvalue weighted by Gasteiger charge is 2.12. The van der Waals surface area contributed by atoms with Crippen LogP contribution in [-0.4, -0.2) is 35.8 Å². The molecule has 3 aromatic heterocycles. The molecule has 0 spiro atoms. The average molecular weight is 257 g/mol. The van der Waals surface area contributed by atoms with E-state index in [1.165, 1.54) is 12.3 Å². The van der Waals surface area contributed by atoms with Crippen LogP contribution in [0.2, 0.25) is 0 Å². The highest BCUT2D eigenvalue weighted by molar-refractivity contribution is 5.91. The summed E-state index contributed by atoms with van der Waals surface area (Å²) in [5, 5.41) is 13.2. The van der Waals surface area contributed by atoms with Crippen LogP contribution in [-0.2, 0) is 7.05 Å². The van der Waals surface area contributed by atoms with Crippen molar-refractivity contribution < 1.29 is 9.90 Å². The van der Waals surface area contributed by atoms with Crippen LogP contribution in [0.5, 0.6) is 0 Å². The second-order valence-corrected chi connectivity index (χ2v) is 4.28. The van der Waals surface area contributed by atoms with E-state index in [2.05, 4.69) is 20.1 Å². The summed E-state index contributed by atoms with van der Waals surface area (Å²) in [5.74, 6) is -0.437. The fraction of sp³-hybridized carbons (Fsp3) is 0.167. The predicted molar refractivity (Wildman–Crippen MR) is 67.8 cm³/mol. The van der Waals surface area contributed by atoms with Crippen LogP contribution in [0.4, 0.5) is 0 Å². The van der Waals surface area contributed by atoms with Crippen LogP contribution in [0.25, 0.3) is 22.7 Å². The van der Waals surface area contributed by atoms with Gasteiger partial charge in [0, 0.05) is 18.9 Å². The van der Waals surface area contributed by atoms with Crippen LogP contribution in [0, 0.1) is 6.92 Å². The number of nitrogens with one attached hydrogen (secondary N) is 1. The van der Waals surface area contributed by atoms with Gasteiger partial charge in [0.25, 0.3) is 0 Å². The lowest BCUT2D eigenvalue weighted by molar-refractivity contribution is 0.0696. The van der Waals surface area contributed by atoms with Crippen LogP contribution in [0.1, 0.15) is 16.1 Å². The number of carboxylic acids is 1. The second kappa shape index (κ2) is 3.91. The minimum Gasteiger partial charge on any atom is -0.478 e. The van der Waals surface area contributed by atoms with Crippen molar-refractivity contribution in [2.24, 2.45) is 7.05 Å². The molecule has 0 unspecified atom stereocenters. The van der Waals surface area contributed by atoms with Gasteiger partial charge in [-0.05, 0) is 19.1 Å². The van der Waals surface area contributed by atoms with Gasteiger partial charge in [0.2, 0.25) is 0 Å². The van der Waals surface area contributed by atoms with Crippen molar-refractivity contribution in [1.29, 1.82) is 0 Å². The van der Waals surface area contributed by atoms with Gasteiger partial charge in [-0.15, -0.1) is 0 Å². The van der Waals surface area contributed by atoms with E-state index < -0.39 is 5.97 Å². The van der Waals surface area contributed by atoms with Crippen molar-refractivity contribution in [3.8, 4) is 11.5 Å². The number of carbonyl (C=O) groups is 1. The van der Waals surface area contributed by atoms with Crippen molar-refractivity contribution >= 4 is 17.1 Å². The lowest BCUT2D eigenvalue weighted by atomic mass is 10.3. The van der Waals surface area contributed by atoms with E-state index in [1.807, 2.05) is 20.0 Å². The van der Waals surface area contributed by atoms with Crippen molar-refractivity contribution in [1.82, 2.24) is 24.7 Å². The Labute approximate surface area is 107 Å². The molecule has 2 N–H and O–H groups in total. The first-order chi connectivity index (χ1) is 9.04. The van der Waals surface area contributed by atoms with E-state index in [1.54, 1.807) is 4.68 Å². The summed E-state index contributed by atoms with van der Waals surface area (Å²) in [6.07, 6.45) is 1.29. The SMILES string of the molecule is Cc1cc(-c2nc3ncc(C(=O)O)cc3[nH]2)nn1C. The third-order valence-corrected chi connectivity index (χ3v) is 2.94. The van der Waals surface area contributed by atoms with Gasteiger partial charge in [-0.1, -0.05) is 0 Å². The number of rotatable bonds is 2. The Bertz CT molecular complexity index is 767. The lowest BCUT2D eigenvalue weighted by Gasteiger charge is -1.91. The normalized spacial score (nSPS) is 11.1. The highest BCUT2D eigenvalue weighted by atomic mass is 16.4. The van der Waals surface area contributed by atoms with Crippen LogP contribution in [0.3, 0.4) is 0 Å². The van der Waals surface area contributed by atoms with Crippen molar-refractivity contribution in [3.63, 3.8) is 0 Å². The van der Waals surface area contributed by atoms with Gasteiger partial charge >= 0.3 is 5.97 Å². The number of aromatic nitrogens is 5. The van der Waals surface area contributed by atoms with Gasteiger partial charge in [-0.3, -0.25) is 4.68 Å². The van der Waals surface area contributed by atoms with Crippen LogP contribution < -0.4 is 0 Å². The molecule has 0 aliphatic heterocycles. The Morgan fingerprint density at radius 1 is 1.42 bits per heavy atom. The standard InChI is InChI=1S/C12H11N5O2/c1-6-3-9(16-17(6)2)11-14-8-4-7(12(18)19)5-13-10(8)15-11/h3-5H,1-2H3,(H,18,19)(H,13,14,15). The Morgan fingerprint density at radius 2 is 2.21 bits per heavy atom. The monoisotopic (exact) mass is 257 g/mol. The molecule has 7 heteroatoms. The molecule has 0 atom stereocenters. The van der Waals surface area contributed by atoms with Crippen LogP contribution in [0.15, 0.2) is 18.3 Å².